The topological polar surface area (TPSA) is 82.9 Å². The van der Waals surface area contributed by atoms with Gasteiger partial charge in [0.05, 0.1) is 34.7 Å². The van der Waals surface area contributed by atoms with E-state index in [1.165, 1.54) is 0 Å². The summed E-state index contributed by atoms with van der Waals surface area (Å²) in [6.07, 6.45) is 3.90. The molecule has 0 spiro atoms. The van der Waals surface area contributed by atoms with Gasteiger partial charge in [0.2, 0.25) is 0 Å². The number of likely N-dealkylation sites (tertiary alicyclic amines) is 1. The summed E-state index contributed by atoms with van der Waals surface area (Å²) in [5, 5.41) is 23.0. The van der Waals surface area contributed by atoms with E-state index in [0.29, 0.717) is 35.2 Å². The molecule has 2 aromatic carbocycles. The number of ether oxygens (including phenoxy) is 1. The Morgan fingerprint density at radius 2 is 2.11 bits per heavy atom. The molecule has 0 aliphatic carbocycles. The molecular weight excluding hydrogens is 531 g/mol. The van der Waals surface area contributed by atoms with E-state index in [4.69, 9.17) is 27.9 Å². The lowest BCUT2D eigenvalue weighted by atomic mass is 9.81. The van der Waals surface area contributed by atoms with E-state index in [0.717, 1.165) is 53.0 Å². The van der Waals surface area contributed by atoms with Crippen molar-refractivity contribution in [3.63, 3.8) is 0 Å². The quantitative estimate of drug-likeness (QED) is 0.202. The van der Waals surface area contributed by atoms with Crippen LogP contribution >= 0.6 is 35.0 Å². The number of piperidine rings is 1. The first-order valence-corrected chi connectivity index (χ1v) is 14.2. The predicted molar refractivity (Wildman–Crippen MR) is 150 cm³/mol. The normalized spacial score (nSPS) is 19.1. The van der Waals surface area contributed by atoms with Crippen LogP contribution in [0.15, 0.2) is 53.6 Å². The van der Waals surface area contributed by atoms with Crippen molar-refractivity contribution < 1.29 is 19.7 Å². The van der Waals surface area contributed by atoms with Crippen molar-refractivity contribution in [1.82, 2.24) is 9.88 Å². The number of fused-ring (bicyclic) bond motifs is 1. The van der Waals surface area contributed by atoms with Crippen molar-refractivity contribution in [1.29, 1.82) is 0 Å². The number of benzene rings is 2. The number of hydrogen-bond donors (Lipinski definition) is 2. The molecule has 198 valence electrons. The van der Waals surface area contributed by atoms with E-state index >= 15 is 0 Å². The second kappa shape index (κ2) is 13.2. The van der Waals surface area contributed by atoms with Crippen LogP contribution in [0.1, 0.15) is 37.4 Å². The molecule has 0 unspecified atom stereocenters. The highest BCUT2D eigenvalue weighted by Crippen LogP contribution is 2.35. The Bertz CT molecular complexity index is 1230. The number of carboxylic acids is 1. The number of rotatable bonds is 11. The molecule has 2 heterocycles. The average molecular weight is 564 g/mol. The Kier molecular flexibility index (Phi) is 9.96. The number of aromatic nitrogens is 1. The second-order valence-corrected chi connectivity index (χ2v) is 11.3. The number of pyridine rings is 1. The van der Waals surface area contributed by atoms with Crippen LogP contribution in [0.25, 0.3) is 10.9 Å². The Morgan fingerprint density at radius 3 is 2.89 bits per heavy atom. The second-order valence-electron chi connectivity index (χ2n) is 9.42. The lowest BCUT2D eigenvalue weighted by Crippen LogP contribution is -2.44. The van der Waals surface area contributed by atoms with Gasteiger partial charge in [-0.05, 0) is 92.4 Å². The molecule has 1 aliphatic heterocycles. The number of nitrogens with zero attached hydrogens (tertiary/aromatic N) is 2. The van der Waals surface area contributed by atoms with Crippen LogP contribution in [-0.4, -0.2) is 58.6 Å². The molecule has 37 heavy (non-hydrogen) atoms. The molecule has 1 saturated heterocycles. The molecule has 3 aromatic rings. The maximum atomic E-state index is 12.1. The minimum absolute atomic E-state index is 0.0330. The summed E-state index contributed by atoms with van der Waals surface area (Å²) in [5.74, 6) is 0.426. The summed E-state index contributed by atoms with van der Waals surface area (Å²) in [5.41, 5.74) is 1.59. The number of aliphatic hydroxyl groups excluding tert-OH is 1. The van der Waals surface area contributed by atoms with Gasteiger partial charge in [0.25, 0.3) is 0 Å². The molecule has 9 heteroatoms. The van der Waals surface area contributed by atoms with Gasteiger partial charge in [-0.1, -0.05) is 29.3 Å². The molecule has 1 aromatic heterocycles. The molecule has 4 rings (SSSR count). The van der Waals surface area contributed by atoms with Crippen molar-refractivity contribution >= 4 is 51.8 Å². The first-order valence-electron chi connectivity index (χ1n) is 12.5. The van der Waals surface area contributed by atoms with Crippen molar-refractivity contribution in [2.75, 3.05) is 32.5 Å². The van der Waals surface area contributed by atoms with Crippen LogP contribution in [0.5, 0.6) is 5.75 Å². The van der Waals surface area contributed by atoms with Crippen LogP contribution in [0.2, 0.25) is 10.0 Å². The minimum atomic E-state index is -0.761. The zero-order valence-corrected chi connectivity index (χ0v) is 23.1. The van der Waals surface area contributed by atoms with Crippen LogP contribution in [0, 0.1) is 11.8 Å². The SMILES string of the molecule is COc1ccc2nccc([C@H](O)CC[C@@H]3CCN(CCCSc4cccc(Cl)c4Cl)C[C@@H]3C(=O)O)c2c1. The van der Waals surface area contributed by atoms with Crippen LogP contribution in [0.3, 0.4) is 0 Å². The molecule has 1 aliphatic rings. The molecular formula is C28H32Cl2N2O4S. The molecule has 0 amide bonds. The summed E-state index contributed by atoms with van der Waals surface area (Å²) < 4.78 is 5.34. The summed E-state index contributed by atoms with van der Waals surface area (Å²) in [6.45, 7) is 2.24. The van der Waals surface area contributed by atoms with Gasteiger partial charge in [0, 0.05) is 23.0 Å². The number of hydrogen-bond acceptors (Lipinski definition) is 6. The molecule has 6 nitrogen and oxygen atoms in total. The van der Waals surface area contributed by atoms with Gasteiger partial charge in [-0.25, -0.2) is 0 Å². The van der Waals surface area contributed by atoms with Gasteiger partial charge in [0.15, 0.2) is 0 Å². The first-order chi connectivity index (χ1) is 17.9. The highest BCUT2D eigenvalue weighted by molar-refractivity contribution is 7.99. The average Bonchev–Trinajstić information content (AvgIpc) is 2.91. The van der Waals surface area contributed by atoms with E-state index < -0.39 is 18.0 Å². The van der Waals surface area contributed by atoms with Gasteiger partial charge >= 0.3 is 5.97 Å². The maximum absolute atomic E-state index is 12.1. The predicted octanol–water partition coefficient (Wildman–Crippen LogP) is 6.57. The van der Waals surface area contributed by atoms with Crippen LogP contribution in [-0.2, 0) is 4.79 Å². The first kappa shape index (κ1) is 28.0. The highest BCUT2D eigenvalue weighted by atomic mass is 35.5. The Labute approximate surface area is 231 Å². The fourth-order valence-corrected chi connectivity index (χ4v) is 6.48. The number of aliphatic hydroxyl groups is 1. The number of halogens is 2. The van der Waals surface area contributed by atoms with Crippen molar-refractivity contribution in [2.45, 2.75) is 36.7 Å². The number of aliphatic carboxylic acids is 1. The van der Waals surface area contributed by atoms with Crippen LogP contribution in [0.4, 0.5) is 0 Å². The van der Waals surface area contributed by atoms with Crippen LogP contribution < -0.4 is 4.74 Å². The number of carbonyl (C=O) groups is 1. The van der Waals surface area contributed by atoms with Crippen molar-refractivity contribution in [3.05, 3.63) is 64.3 Å². The van der Waals surface area contributed by atoms with Crippen molar-refractivity contribution in [3.8, 4) is 5.75 Å². The largest absolute Gasteiger partial charge is 0.497 e. The summed E-state index contributed by atoms with van der Waals surface area (Å²) in [6, 6.07) is 13.1. The standard InChI is InChI=1S/C28H32Cl2N2O4S/c1-36-19-7-8-24-21(16-19)20(10-12-31-24)25(33)9-6-18-11-14-32(17-22(18)28(34)35)13-3-15-37-26-5-2-4-23(29)27(26)30/h2,4-5,7-8,10,12,16,18,22,25,33H,3,6,9,11,13-15,17H2,1H3,(H,34,35)/t18-,22+,25-/m1/s1. The maximum Gasteiger partial charge on any atom is 0.308 e. The Morgan fingerprint density at radius 1 is 1.27 bits per heavy atom. The summed E-state index contributed by atoms with van der Waals surface area (Å²) >= 11 is 14.0. The summed E-state index contributed by atoms with van der Waals surface area (Å²) in [4.78, 5) is 19.7. The fraction of sp³-hybridized carbons (Fsp3) is 0.429. The van der Waals surface area contributed by atoms with Gasteiger partial charge in [-0.15, -0.1) is 11.8 Å². The van der Waals surface area contributed by atoms with E-state index in [-0.39, 0.29) is 5.92 Å². The monoisotopic (exact) mass is 562 g/mol. The third kappa shape index (κ3) is 7.09. The van der Waals surface area contributed by atoms with Gasteiger partial charge < -0.3 is 19.8 Å². The molecule has 2 N–H and O–H groups in total. The smallest absolute Gasteiger partial charge is 0.308 e. The minimum Gasteiger partial charge on any atom is -0.497 e. The fourth-order valence-electron chi connectivity index (χ4n) is 5.05. The molecule has 0 bridgehead atoms. The van der Waals surface area contributed by atoms with Gasteiger partial charge in [-0.3, -0.25) is 9.78 Å². The zero-order chi connectivity index (χ0) is 26.4. The zero-order valence-electron chi connectivity index (χ0n) is 20.8. The van der Waals surface area contributed by atoms with E-state index in [2.05, 4.69) is 9.88 Å². The Balaban J connectivity index is 1.30. The van der Waals surface area contributed by atoms with E-state index in [9.17, 15) is 15.0 Å². The van der Waals surface area contributed by atoms with Gasteiger partial charge in [0.1, 0.15) is 5.75 Å². The number of thioether (sulfide) groups is 1. The molecule has 1 fully saturated rings. The van der Waals surface area contributed by atoms with Gasteiger partial charge in [-0.2, -0.15) is 0 Å². The number of methoxy groups -OCH3 is 1. The highest BCUT2D eigenvalue weighted by Gasteiger charge is 2.34. The third-order valence-corrected chi connectivity index (χ3v) is 9.18. The molecule has 0 saturated carbocycles. The third-order valence-electron chi connectivity index (χ3n) is 7.10. The lowest BCUT2D eigenvalue weighted by Gasteiger charge is -2.37. The molecule has 3 atom stereocenters. The Hall–Kier alpha value is -2.03. The van der Waals surface area contributed by atoms with Crippen molar-refractivity contribution in [2.24, 2.45) is 11.8 Å². The van der Waals surface area contributed by atoms with E-state index in [1.54, 1.807) is 31.1 Å². The van der Waals surface area contributed by atoms with E-state index in [1.807, 2.05) is 36.4 Å². The summed E-state index contributed by atoms with van der Waals surface area (Å²) in [7, 11) is 1.61. The lowest BCUT2D eigenvalue weighted by molar-refractivity contribution is -0.146. The number of carboxylic acid groups (broad SMARTS) is 1. The molecule has 0 radical (unpaired) electrons.